The van der Waals surface area contributed by atoms with E-state index in [2.05, 4.69) is 13.9 Å². The summed E-state index contributed by atoms with van der Waals surface area (Å²) in [5.41, 5.74) is 0. The Labute approximate surface area is 96.6 Å². The molecule has 7 heteroatoms. The van der Waals surface area contributed by atoms with E-state index in [1.54, 1.807) is 0 Å². The SMILES string of the molecule is CCOC(=O)c1oc(C(=O)OCC)c([O-])c1[O-]. The van der Waals surface area contributed by atoms with Crippen molar-refractivity contribution >= 4 is 11.9 Å². The monoisotopic (exact) mass is 242 g/mol. The zero-order valence-electron chi connectivity index (χ0n) is 9.27. The van der Waals surface area contributed by atoms with Crippen LogP contribution in [-0.4, -0.2) is 25.2 Å². The summed E-state index contributed by atoms with van der Waals surface area (Å²) in [6, 6.07) is 0. The Morgan fingerprint density at radius 2 is 1.35 bits per heavy atom. The Bertz CT molecular complexity index is 394. The van der Waals surface area contributed by atoms with Gasteiger partial charge in [0.2, 0.25) is 11.5 Å². The maximum absolute atomic E-state index is 11.3. The molecule has 0 spiro atoms. The highest BCUT2D eigenvalue weighted by Gasteiger charge is 2.20. The van der Waals surface area contributed by atoms with E-state index in [-0.39, 0.29) is 13.2 Å². The van der Waals surface area contributed by atoms with Gasteiger partial charge in [0, 0.05) is 0 Å². The number of rotatable bonds is 4. The van der Waals surface area contributed by atoms with Gasteiger partial charge in [-0.05, 0) is 13.8 Å². The zero-order valence-corrected chi connectivity index (χ0v) is 9.27. The normalized spacial score (nSPS) is 10.0. The Morgan fingerprint density at radius 1 is 1.00 bits per heavy atom. The van der Waals surface area contributed by atoms with E-state index in [4.69, 9.17) is 0 Å². The average Bonchev–Trinajstić information content (AvgIpc) is 2.57. The number of ether oxygens (including phenoxy) is 2. The van der Waals surface area contributed by atoms with Gasteiger partial charge < -0.3 is 24.1 Å². The minimum atomic E-state index is -1.20. The van der Waals surface area contributed by atoms with E-state index in [1.165, 1.54) is 13.8 Å². The van der Waals surface area contributed by atoms with Gasteiger partial charge in [0.25, 0.3) is 0 Å². The maximum Gasteiger partial charge on any atom is 0.373 e. The molecular weight excluding hydrogens is 232 g/mol. The quantitative estimate of drug-likeness (QED) is 0.670. The van der Waals surface area contributed by atoms with Crippen LogP contribution in [0.2, 0.25) is 0 Å². The smallest absolute Gasteiger partial charge is 0.373 e. The molecule has 0 N–H and O–H groups in total. The number of hydrogen-bond donors (Lipinski definition) is 0. The Balaban J connectivity index is 3.07. The molecule has 17 heavy (non-hydrogen) atoms. The van der Waals surface area contributed by atoms with Gasteiger partial charge in [0.05, 0.1) is 13.2 Å². The summed E-state index contributed by atoms with van der Waals surface area (Å²) in [7, 11) is 0. The van der Waals surface area contributed by atoms with Gasteiger partial charge in [-0.25, -0.2) is 9.59 Å². The second kappa shape index (κ2) is 5.24. The summed E-state index contributed by atoms with van der Waals surface area (Å²) >= 11 is 0. The first kappa shape index (κ1) is 12.9. The van der Waals surface area contributed by atoms with Crippen LogP contribution < -0.4 is 10.2 Å². The summed E-state index contributed by atoms with van der Waals surface area (Å²) in [5.74, 6) is -6.17. The lowest BCUT2D eigenvalue weighted by molar-refractivity contribution is -0.316. The molecule has 0 atom stereocenters. The molecule has 1 aromatic heterocycles. The van der Waals surface area contributed by atoms with E-state index in [0.29, 0.717) is 0 Å². The molecule has 1 rings (SSSR count). The minimum Gasteiger partial charge on any atom is -0.870 e. The molecule has 1 heterocycles. The van der Waals surface area contributed by atoms with E-state index in [9.17, 15) is 19.8 Å². The summed E-state index contributed by atoms with van der Waals surface area (Å²) < 4.78 is 13.6. The number of hydrogen-bond acceptors (Lipinski definition) is 7. The molecule has 1 aromatic rings. The van der Waals surface area contributed by atoms with Gasteiger partial charge in [-0.1, -0.05) is 11.5 Å². The first-order valence-corrected chi connectivity index (χ1v) is 4.87. The lowest BCUT2D eigenvalue weighted by Gasteiger charge is -2.11. The first-order valence-electron chi connectivity index (χ1n) is 4.87. The van der Waals surface area contributed by atoms with Crippen molar-refractivity contribution in [3.05, 3.63) is 11.5 Å². The van der Waals surface area contributed by atoms with E-state index in [1.807, 2.05) is 0 Å². The molecule has 7 nitrogen and oxygen atoms in total. The van der Waals surface area contributed by atoms with Crippen LogP contribution in [0.1, 0.15) is 35.0 Å². The van der Waals surface area contributed by atoms with Gasteiger partial charge >= 0.3 is 11.9 Å². The third kappa shape index (κ3) is 2.49. The molecule has 0 radical (unpaired) electrons. The van der Waals surface area contributed by atoms with Crippen molar-refractivity contribution in [2.45, 2.75) is 13.8 Å². The molecule has 0 aliphatic carbocycles. The third-order valence-corrected chi connectivity index (χ3v) is 1.74. The van der Waals surface area contributed by atoms with Crippen LogP contribution in [0.25, 0.3) is 0 Å². The van der Waals surface area contributed by atoms with Gasteiger partial charge in [0.1, 0.15) is 0 Å². The Morgan fingerprint density at radius 3 is 1.65 bits per heavy atom. The van der Waals surface area contributed by atoms with Gasteiger partial charge in [-0.2, -0.15) is 0 Å². The second-order valence-corrected chi connectivity index (χ2v) is 2.86. The molecule has 0 amide bonds. The van der Waals surface area contributed by atoms with Gasteiger partial charge in [0.15, 0.2) is 0 Å². The molecule has 0 saturated heterocycles. The number of furan rings is 1. The van der Waals surface area contributed by atoms with Crippen molar-refractivity contribution in [3.63, 3.8) is 0 Å². The molecular formula is C10H10O7-2. The average molecular weight is 242 g/mol. The third-order valence-electron chi connectivity index (χ3n) is 1.74. The molecule has 0 saturated carbocycles. The molecule has 0 aromatic carbocycles. The molecule has 94 valence electrons. The minimum absolute atomic E-state index is 0.0158. The van der Waals surface area contributed by atoms with E-state index >= 15 is 0 Å². The zero-order chi connectivity index (χ0) is 13.0. The highest BCUT2D eigenvalue weighted by Crippen LogP contribution is 2.32. The highest BCUT2D eigenvalue weighted by molar-refractivity contribution is 5.96. The van der Waals surface area contributed by atoms with Crippen molar-refractivity contribution in [1.82, 2.24) is 0 Å². The van der Waals surface area contributed by atoms with Crippen LogP contribution in [0, 0.1) is 0 Å². The van der Waals surface area contributed by atoms with Crippen molar-refractivity contribution in [2.75, 3.05) is 13.2 Å². The van der Waals surface area contributed by atoms with Crippen molar-refractivity contribution in [2.24, 2.45) is 0 Å². The predicted octanol–water partition coefficient (Wildman–Crippen LogP) is -0.220. The Kier molecular flexibility index (Phi) is 3.97. The summed E-state index contributed by atoms with van der Waals surface area (Å²) in [6.07, 6.45) is 0. The first-order chi connectivity index (χ1) is 8.02. The largest absolute Gasteiger partial charge is 0.870 e. The lowest BCUT2D eigenvalue weighted by atomic mass is 10.3. The van der Waals surface area contributed by atoms with Gasteiger partial charge in [-0.3, -0.25) is 0 Å². The fourth-order valence-corrected chi connectivity index (χ4v) is 1.06. The Hall–Kier alpha value is -2.18. The number of carbonyl (C=O) groups is 2. The molecule has 0 fully saturated rings. The standard InChI is InChI=1S/C10H12O7/c1-3-15-9(13)7-5(11)6(12)8(17-7)10(14)16-4-2/h11-12H,3-4H2,1-2H3/p-2. The van der Waals surface area contributed by atoms with Crippen LogP contribution in [0.15, 0.2) is 4.42 Å². The molecule has 0 aliphatic heterocycles. The van der Waals surface area contributed by atoms with Crippen LogP contribution >= 0.6 is 0 Å². The fourth-order valence-electron chi connectivity index (χ4n) is 1.06. The summed E-state index contributed by atoms with van der Waals surface area (Å²) in [5, 5.41) is 22.6. The van der Waals surface area contributed by atoms with Crippen LogP contribution in [-0.2, 0) is 9.47 Å². The molecule has 0 aliphatic rings. The fraction of sp³-hybridized carbons (Fsp3) is 0.400. The predicted molar refractivity (Wildman–Crippen MR) is 49.5 cm³/mol. The van der Waals surface area contributed by atoms with Crippen molar-refractivity contribution in [3.8, 4) is 11.5 Å². The second-order valence-electron chi connectivity index (χ2n) is 2.86. The van der Waals surface area contributed by atoms with Crippen molar-refractivity contribution < 1.29 is 33.7 Å². The van der Waals surface area contributed by atoms with Crippen LogP contribution in [0.4, 0.5) is 0 Å². The number of esters is 2. The van der Waals surface area contributed by atoms with Crippen LogP contribution in [0.5, 0.6) is 11.5 Å². The maximum atomic E-state index is 11.3. The summed E-state index contributed by atoms with van der Waals surface area (Å²) in [6.45, 7) is 3.08. The number of carbonyl (C=O) groups excluding carboxylic acids is 2. The topological polar surface area (TPSA) is 112 Å². The van der Waals surface area contributed by atoms with E-state index in [0.717, 1.165) is 0 Å². The van der Waals surface area contributed by atoms with Gasteiger partial charge in [-0.15, -0.1) is 0 Å². The van der Waals surface area contributed by atoms with Crippen LogP contribution in [0.3, 0.4) is 0 Å². The molecule has 0 bridgehead atoms. The molecule has 0 unspecified atom stereocenters. The van der Waals surface area contributed by atoms with Crippen molar-refractivity contribution in [1.29, 1.82) is 0 Å². The highest BCUT2D eigenvalue weighted by atomic mass is 16.6. The van der Waals surface area contributed by atoms with E-state index < -0.39 is 35.0 Å². The lowest BCUT2D eigenvalue weighted by Crippen LogP contribution is -2.08. The summed E-state index contributed by atoms with van der Waals surface area (Å²) in [4.78, 5) is 22.4.